The number of hydrogen-bond donors (Lipinski definition) is 1. The second kappa shape index (κ2) is 6.41. The Bertz CT molecular complexity index is 654. The molecule has 21 heavy (non-hydrogen) atoms. The Balaban J connectivity index is 1.77. The molecule has 1 N–H and O–H groups in total. The Kier molecular flexibility index (Phi) is 4.36. The first-order valence-corrected chi connectivity index (χ1v) is 7.53. The molecule has 0 radical (unpaired) electrons. The average molecular weight is 305 g/mol. The van der Waals surface area contributed by atoms with Crippen LogP contribution in [0.3, 0.4) is 0 Å². The zero-order chi connectivity index (χ0) is 14.7. The van der Waals surface area contributed by atoms with E-state index in [9.17, 15) is 4.79 Å². The largest absolute Gasteiger partial charge is 0.381 e. The van der Waals surface area contributed by atoms with Gasteiger partial charge in [0, 0.05) is 18.5 Å². The molecule has 1 aromatic heterocycles. The van der Waals surface area contributed by atoms with E-state index in [1.165, 1.54) is 0 Å². The molecule has 2 heterocycles. The summed E-state index contributed by atoms with van der Waals surface area (Å²) in [7, 11) is 0. The third kappa shape index (κ3) is 3.34. The maximum atomic E-state index is 12.4. The van der Waals surface area contributed by atoms with Crippen LogP contribution in [0.2, 0.25) is 5.15 Å². The lowest BCUT2D eigenvalue weighted by Gasteiger charge is -2.22. The Morgan fingerprint density at radius 2 is 2.29 bits per heavy atom. The van der Waals surface area contributed by atoms with Crippen molar-refractivity contribution in [2.75, 3.05) is 19.8 Å². The first kappa shape index (κ1) is 14.3. The molecule has 1 aliphatic rings. The summed E-state index contributed by atoms with van der Waals surface area (Å²) in [4.78, 5) is 16.6. The topological polar surface area (TPSA) is 51.2 Å². The molecule has 1 unspecified atom stereocenters. The third-order valence-corrected chi connectivity index (χ3v) is 3.93. The van der Waals surface area contributed by atoms with Gasteiger partial charge in [0.25, 0.3) is 5.91 Å². The molecule has 0 bridgehead atoms. The van der Waals surface area contributed by atoms with Gasteiger partial charge in [-0.1, -0.05) is 29.8 Å². The van der Waals surface area contributed by atoms with E-state index in [4.69, 9.17) is 16.3 Å². The van der Waals surface area contributed by atoms with Gasteiger partial charge in [-0.05, 0) is 30.9 Å². The molecule has 5 heteroatoms. The number of carbonyl (C=O) groups is 1. The Hall–Kier alpha value is -1.65. The quantitative estimate of drug-likeness (QED) is 0.887. The van der Waals surface area contributed by atoms with Gasteiger partial charge in [0.05, 0.1) is 17.7 Å². The summed E-state index contributed by atoms with van der Waals surface area (Å²) in [5, 5.41) is 4.13. The van der Waals surface area contributed by atoms with Gasteiger partial charge in [-0.3, -0.25) is 4.79 Å². The first-order chi connectivity index (χ1) is 10.2. The highest BCUT2D eigenvalue weighted by Crippen LogP contribution is 2.21. The van der Waals surface area contributed by atoms with Crippen molar-refractivity contribution in [3.05, 3.63) is 41.0 Å². The molecule has 0 saturated carbocycles. The first-order valence-electron chi connectivity index (χ1n) is 7.15. The summed E-state index contributed by atoms with van der Waals surface area (Å²) in [5.74, 6) is 0.285. The van der Waals surface area contributed by atoms with E-state index < -0.39 is 0 Å². The Morgan fingerprint density at radius 1 is 1.43 bits per heavy atom. The fraction of sp³-hybridized carbons (Fsp3) is 0.375. The average Bonchev–Trinajstić information content (AvgIpc) is 2.52. The number of ether oxygens (including phenoxy) is 1. The molecule has 3 rings (SSSR count). The number of para-hydroxylation sites is 1. The van der Waals surface area contributed by atoms with Crippen molar-refractivity contribution in [3.63, 3.8) is 0 Å². The van der Waals surface area contributed by atoms with Crippen LogP contribution < -0.4 is 5.32 Å². The van der Waals surface area contributed by atoms with Gasteiger partial charge < -0.3 is 10.1 Å². The van der Waals surface area contributed by atoms with Crippen LogP contribution in [0, 0.1) is 5.92 Å². The van der Waals surface area contributed by atoms with Gasteiger partial charge in [-0.2, -0.15) is 0 Å². The molecular formula is C16H17ClN2O2. The van der Waals surface area contributed by atoms with Gasteiger partial charge in [0.2, 0.25) is 0 Å². The van der Waals surface area contributed by atoms with Crippen LogP contribution in [0.25, 0.3) is 10.9 Å². The molecule has 1 amide bonds. The standard InChI is InChI=1S/C16H17ClN2O2/c17-15-8-13(12-5-1-2-6-14(12)19-15)16(20)18-9-11-4-3-7-21-10-11/h1-2,5-6,8,11H,3-4,7,9-10H2,(H,18,20). The minimum Gasteiger partial charge on any atom is -0.381 e. The van der Waals surface area contributed by atoms with Crippen molar-refractivity contribution in [2.45, 2.75) is 12.8 Å². The molecule has 1 aliphatic heterocycles. The lowest BCUT2D eigenvalue weighted by molar-refractivity contribution is 0.0536. The summed E-state index contributed by atoms with van der Waals surface area (Å²) in [6, 6.07) is 9.14. The van der Waals surface area contributed by atoms with Gasteiger partial charge in [-0.15, -0.1) is 0 Å². The lowest BCUT2D eigenvalue weighted by Crippen LogP contribution is -2.33. The molecule has 2 aromatic rings. The Labute approximate surface area is 128 Å². The summed E-state index contributed by atoms with van der Waals surface area (Å²) >= 11 is 6.01. The summed E-state index contributed by atoms with van der Waals surface area (Å²) < 4.78 is 5.43. The number of halogens is 1. The second-order valence-electron chi connectivity index (χ2n) is 5.30. The molecule has 0 aliphatic carbocycles. The number of hydrogen-bond acceptors (Lipinski definition) is 3. The molecule has 1 saturated heterocycles. The maximum Gasteiger partial charge on any atom is 0.252 e. The lowest BCUT2D eigenvalue weighted by atomic mass is 10.0. The number of amides is 1. The van der Waals surface area contributed by atoms with E-state index in [1.54, 1.807) is 6.07 Å². The highest BCUT2D eigenvalue weighted by atomic mass is 35.5. The van der Waals surface area contributed by atoms with Crippen LogP contribution in [-0.4, -0.2) is 30.6 Å². The van der Waals surface area contributed by atoms with Crippen molar-refractivity contribution in [2.24, 2.45) is 5.92 Å². The zero-order valence-electron chi connectivity index (χ0n) is 11.6. The van der Waals surface area contributed by atoms with E-state index >= 15 is 0 Å². The third-order valence-electron chi connectivity index (χ3n) is 3.74. The van der Waals surface area contributed by atoms with E-state index in [-0.39, 0.29) is 5.91 Å². The van der Waals surface area contributed by atoms with Crippen LogP contribution in [0.4, 0.5) is 0 Å². The zero-order valence-corrected chi connectivity index (χ0v) is 12.4. The number of nitrogens with one attached hydrogen (secondary N) is 1. The van der Waals surface area contributed by atoms with E-state index in [2.05, 4.69) is 10.3 Å². The van der Waals surface area contributed by atoms with Gasteiger partial charge >= 0.3 is 0 Å². The van der Waals surface area contributed by atoms with Gasteiger partial charge in [0.1, 0.15) is 5.15 Å². The molecule has 0 spiro atoms. The van der Waals surface area contributed by atoms with E-state index in [1.807, 2.05) is 24.3 Å². The molecular weight excluding hydrogens is 288 g/mol. The molecule has 4 nitrogen and oxygen atoms in total. The number of aromatic nitrogens is 1. The number of fused-ring (bicyclic) bond motifs is 1. The van der Waals surface area contributed by atoms with Crippen LogP contribution in [0.5, 0.6) is 0 Å². The van der Waals surface area contributed by atoms with E-state index in [0.29, 0.717) is 23.2 Å². The summed E-state index contributed by atoms with van der Waals surface area (Å²) in [6.07, 6.45) is 2.16. The fourth-order valence-corrected chi connectivity index (χ4v) is 2.83. The van der Waals surface area contributed by atoms with Crippen molar-refractivity contribution in [3.8, 4) is 0 Å². The predicted octanol–water partition coefficient (Wildman–Crippen LogP) is 3.04. The van der Waals surface area contributed by atoms with Gasteiger partial charge in [0.15, 0.2) is 0 Å². The molecule has 110 valence electrons. The van der Waals surface area contributed by atoms with Crippen molar-refractivity contribution in [1.82, 2.24) is 10.3 Å². The van der Waals surface area contributed by atoms with Crippen molar-refractivity contribution >= 4 is 28.4 Å². The second-order valence-corrected chi connectivity index (χ2v) is 5.69. The number of rotatable bonds is 3. The van der Waals surface area contributed by atoms with Crippen molar-refractivity contribution < 1.29 is 9.53 Å². The maximum absolute atomic E-state index is 12.4. The van der Waals surface area contributed by atoms with Crippen molar-refractivity contribution in [1.29, 1.82) is 0 Å². The number of carbonyl (C=O) groups excluding carboxylic acids is 1. The number of benzene rings is 1. The van der Waals surface area contributed by atoms with Gasteiger partial charge in [-0.25, -0.2) is 4.98 Å². The van der Waals surface area contributed by atoms with Crippen LogP contribution in [0.1, 0.15) is 23.2 Å². The minimum absolute atomic E-state index is 0.110. The summed E-state index contributed by atoms with van der Waals surface area (Å²) in [5.41, 5.74) is 1.30. The predicted molar refractivity (Wildman–Crippen MR) is 82.6 cm³/mol. The highest BCUT2D eigenvalue weighted by Gasteiger charge is 2.17. The number of nitrogens with zero attached hydrogens (tertiary/aromatic N) is 1. The van der Waals surface area contributed by atoms with Crippen LogP contribution in [-0.2, 0) is 4.74 Å². The smallest absolute Gasteiger partial charge is 0.252 e. The fourth-order valence-electron chi connectivity index (χ4n) is 2.63. The van der Waals surface area contributed by atoms with E-state index in [0.717, 1.165) is 37.0 Å². The minimum atomic E-state index is -0.110. The normalized spacial score (nSPS) is 18.6. The molecule has 1 atom stereocenters. The molecule has 1 aromatic carbocycles. The Morgan fingerprint density at radius 3 is 3.10 bits per heavy atom. The SMILES string of the molecule is O=C(NCC1CCCOC1)c1cc(Cl)nc2ccccc12. The monoisotopic (exact) mass is 304 g/mol. The summed E-state index contributed by atoms with van der Waals surface area (Å²) in [6.45, 7) is 2.18. The van der Waals surface area contributed by atoms with Crippen LogP contribution >= 0.6 is 11.6 Å². The van der Waals surface area contributed by atoms with Crippen LogP contribution in [0.15, 0.2) is 30.3 Å². The number of pyridine rings is 1. The highest BCUT2D eigenvalue weighted by molar-refractivity contribution is 6.30. The molecule has 1 fully saturated rings.